The smallest absolute Gasteiger partial charge is 0.332 e. The van der Waals surface area contributed by atoms with Crippen LogP contribution in [-0.2, 0) is 16.1 Å². The largest absolute Gasteiger partial charge is 0.493 e. The number of rotatable bonds is 7. The zero-order valence-corrected chi connectivity index (χ0v) is 20.7. The second-order valence-corrected chi connectivity index (χ2v) is 9.30. The molecule has 1 aliphatic carbocycles. The molecule has 1 saturated heterocycles. The first-order chi connectivity index (χ1) is 17.2. The van der Waals surface area contributed by atoms with Gasteiger partial charge in [0.1, 0.15) is 0 Å². The van der Waals surface area contributed by atoms with Crippen LogP contribution in [0.4, 0.5) is 0 Å². The lowest BCUT2D eigenvalue weighted by Crippen LogP contribution is -2.62. The Bertz CT molecular complexity index is 1450. The molecule has 2 aliphatic rings. The van der Waals surface area contributed by atoms with Gasteiger partial charge in [-0.25, -0.2) is 4.79 Å². The van der Waals surface area contributed by atoms with Crippen LogP contribution in [0.2, 0.25) is 0 Å². The third-order valence-electron chi connectivity index (χ3n) is 6.84. The minimum Gasteiger partial charge on any atom is -0.493 e. The Kier molecular flexibility index (Phi) is 7.20. The normalized spacial score (nSPS) is 19.3. The topological polar surface area (TPSA) is 109 Å². The van der Waals surface area contributed by atoms with E-state index in [1.807, 2.05) is 0 Å². The number of hydrogen-bond acceptors (Lipinski definition) is 7. The summed E-state index contributed by atoms with van der Waals surface area (Å²) in [4.78, 5) is 40.5. The zero-order valence-electron chi connectivity index (χ0n) is 20.7. The van der Waals surface area contributed by atoms with Crippen LogP contribution in [0, 0.1) is 18.3 Å². The van der Waals surface area contributed by atoms with Crippen molar-refractivity contribution >= 4 is 17.9 Å². The molecular formula is C27H30N2O7. The number of carbonyl (C=O) groups is 1. The fraction of sp³-hybridized carbons (Fsp3) is 0.444. The minimum atomic E-state index is -1.54. The predicted molar refractivity (Wildman–Crippen MR) is 133 cm³/mol. The van der Waals surface area contributed by atoms with E-state index in [1.165, 1.54) is 37.9 Å². The van der Waals surface area contributed by atoms with E-state index in [4.69, 9.17) is 20.6 Å². The average molecular weight is 495 g/mol. The number of ether oxygens (including phenoxy) is 3. The van der Waals surface area contributed by atoms with E-state index < -0.39 is 28.6 Å². The molecule has 1 aromatic carbocycles. The maximum atomic E-state index is 13.7. The van der Waals surface area contributed by atoms with Crippen LogP contribution in [0.25, 0.3) is 12.2 Å². The van der Waals surface area contributed by atoms with Crippen molar-refractivity contribution in [1.82, 2.24) is 9.13 Å². The fourth-order valence-electron chi connectivity index (χ4n) is 4.88. The highest BCUT2D eigenvalue weighted by Crippen LogP contribution is 2.28. The lowest BCUT2D eigenvalue weighted by molar-refractivity contribution is -0.121. The number of hydrogen-bond donors (Lipinski definition) is 1. The summed E-state index contributed by atoms with van der Waals surface area (Å²) in [6, 6.07) is 4.94. The number of benzene rings is 1. The summed E-state index contributed by atoms with van der Waals surface area (Å²) >= 11 is 0. The number of Topliss-reactive ketones (excluding diaryl/α,β-unsaturated/α-hetero) is 1. The van der Waals surface area contributed by atoms with Crippen LogP contribution >= 0.6 is 0 Å². The lowest BCUT2D eigenvalue weighted by Gasteiger charge is -2.30. The van der Waals surface area contributed by atoms with Gasteiger partial charge in [-0.1, -0.05) is 12.1 Å². The molecule has 4 rings (SSSR count). The average Bonchev–Trinajstić information content (AvgIpc) is 2.86. The van der Waals surface area contributed by atoms with Gasteiger partial charge in [0.25, 0.3) is 5.56 Å². The molecule has 0 amide bonds. The van der Waals surface area contributed by atoms with Crippen molar-refractivity contribution in [3.63, 3.8) is 0 Å². The molecule has 0 radical (unpaired) electrons. The van der Waals surface area contributed by atoms with Gasteiger partial charge >= 0.3 is 5.69 Å². The molecular weight excluding hydrogens is 464 g/mol. The van der Waals surface area contributed by atoms with Gasteiger partial charge in [-0.15, -0.1) is 12.3 Å². The summed E-state index contributed by atoms with van der Waals surface area (Å²) in [6.45, 7) is 2.40. The summed E-state index contributed by atoms with van der Waals surface area (Å²) in [5.74, 6) is 1.98. The van der Waals surface area contributed by atoms with Gasteiger partial charge in [0.15, 0.2) is 17.3 Å². The van der Waals surface area contributed by atoms with Crippen LogP contribution in [0.1, 0.15) is 37.8 Å². The molecule has 1 aliphatic heterocycles. The summed E-state index contributed by atoms with van der Waals surface area (Å²) in [5, 5.41) is 11.3. The van der Waals surface area contributed by atoms with Gasteiger partial charge < -0.3 is 19.3 Å². The van der Waals surface area contributed by atoms with Gasteiger partial charge in [0.05, 0.1) is 42.9 Å². The van der Waals surface area contributed by atoms with Gasteiger partial charge in [0, 0.05) is 31.8 Å². The quantitative estimate of drug-likeness (QED) is 0.538. The van der Waals surface area contributed by atoms with Gasteiger partial charge in [-0.3, -0.25) is 18.7 Å². The number of nitrogens with zero attached hydrogens (tertiary/aromatic N) is 2. The van der Waals surface area contributed by atoms with Crippen LogP contribution in [0.5, 0.6) is 11.5 Å². The Balaban J connectivity index is 1.95. The zero-order chi connectivity index (χ0) is 26.0. The molecule has 190 valence electrons. The standard InChI is InChI=1S/C27H30N2O7/c1-5-10-27(2,33)20-14-19-21(15-22(20)30)29(18-8-11-36-12-9-18)26(32)28(25(19)31)16-17-6-7-23(34-3)24(13-17)35-4/h1,6-7,13-15,18,20,33H,8-12,16H2,2-4H3. The highest BCUT2D eigenvalue weighted by molar-refractivity contribution is 6.11. The van der Waals surface area contributed by atoms with E-state index in [2.05, 4.69) is 5.92 Å². The Hall–Kier alpha value is -3.61. The third kappa shape index (κ3) is 4.62. The molecule has 9 nitrogen and oxygen atoms in total. The van der Waals surface area contributed by atoms with Crippen LogP contribution in [0.15, 0.2) is 27.8 Å². The Morgan fingerprint density at radius 1 is 1.17 bits per heavy atom. The summed E-state index contributed by atoms with van der Waals surface area (Å²) in [6.07, 6.45) is 9.23. The van der Waals surface area contributed by atoms with Gasteiger partial charge in [-0.2, -0.15) is 0 Å². The molecule has 0 saturated carbocycles. The Morgan fingerprint density at radius 3 is 2.50 bits per heavy atom. The maximum absolute atomic E-state index is 13.7. The van der Waals surface area contributed by atoms with Gasteiger partial charge in [-0.05, 0) is 37.5 Å². The molecule has 1 N–H and O–H groups in total. The van der Waals surface area contributed by atoms with Crippen molar-refractivity contribution in [3.8, 4) is 23.8 Å². The highest BCUT2D eigenvalue weighted by atomic mass is 16.5. The molecule has 2 unspecified atom stereocenters. The lowest BCUT2D eigenvalue weighted by atomic mass is 9.81. The molecule has 1 fully saturated rings. The number of ketones is 1. The maximum Gasteiger partial charge on any atom is 0.332 e. The van der Waals surface area contributed by atoms with E-state index in [0.717, 1.165) is 4.57 Å². The Labute approximate surface area is 208 Å². The molecule has 9 heteroatoms. The second kappa shape index (κ2) is 10.2. The molecule has 0 spiro atoms. The molecule has 2 aromatic rings. The monoisotopic (exact) mass is 494 g/mol. The Morgan fingerprint density at radius 2 is 1.86 bits per heavy atom. The molecule has 36 heavy (non-hydrogen) atoms. The molecule has 1 aromatic heterocycles. The number of aliphatic hydroxyl groups is 1. The summed E-state index contributed by atoms with van der Waals surface area (Å²) in [7, 11) is 3.03. The van der Waals surface area contributed by atoms with Crippen molar-refractivity contribution in [2.75, 3.05) is 27.4 Å². The van der Waals surface area contributed by atoms with E-state index in [-0.39, 0.29) is 29.6 Å². The number of fused-ring (bicyclic) bond motifs is 1. The summed E-state index contributed by atoms with van der Waals surface area (Å²) in [5.41, 5.74) is -1.93. The third-order valence-corrected chi connectivity index (χ3v) is 6.84. The van der Waals surface area contributed by atoms with E-state index in [0.29, 0.717) is 43.1 Å². The van der Waals surface area contributed by atoms with Crippen LogP contribution < -0.4 is 31.3 Å². The van der Waals surface area contributed by atoms with Gasteiger partial charge in [0.2, 0.25) is 0 Å². The summed E-state index contributed by atoms with van der Waals surface area (Å²) < 4.78 is 18.8. The first kappa shape index (κ1) is 25.5. The second-order valence-electron chi connectivity index (χ2n) is 9.30. The van der Waals surface area contributed by atoms with Crippen molar-refractivity contribution in [2.45, 2.75) is 44.4 Å². The number of terminal acetylenes is 1. The first-order valence-electron chi connectivity index (χ1n) is 11.8. The van der Waals surface area contributed by atoms with Crippen molar-refractivity contribution in [3.05, 3.63) is 55.2 Å². The van der Waals surface area contributed by atoms with Crippen LogP contribution in [0.3, 0.4) is 0 Å². The SMILES string of the molecule is C#CCC(C)(O)C1C=c2c(=O)n(Cc3ccc(OC)c(OC)c3)c(=O)n(C3CCOCC3)c2=CC1=O. The minimum absolute atomic E-state index is 0.0122. The fourth-order valence-corrected chi connectivity index (χ4v) is 4.88. The number of methoxy groups -OCH3 is 2. The van der Waals surface area contributed by atoms with Crippen molar-refractivity contribution < 1.29 is 24.1 Å². The highest BCUT2D eigenvalue weighted by Gasteiger charge is 2.36. The number of carbonyl (C=O) groups excluding carboxylic acids is 1. The molecule has 2 heterocycles. The van der Waals surface area contributed by atoms with Crippen LogP contribution in [-0.4, -0.2) is 53.1 Å². The van der Waals surface area contributed by atoms with E-state index >= 15 is 0 Å². The molecule has 2 atom stereocenters. The predicted octanol–water partition coefficient (Wildman–Crippen LogP) is -0.0388. The number of aromatic nitrogens is 2. The first-order valence-corrected chi connectivity index (χ1v) is 11.8. The molecule has 0 bridgehead atoms. The van der Waals surface area contributed by atoms with E-state index in [1.54, 1.807) is 18.2 Å². The van der Waals surface area contributed by atoms with E-state index in [9.17, 15) is 19.5 Å². The van der Waals surface area contributed by atoms with Crippen molar-refractivity contribution in [1.29, 1.82) is 0 Å². The van der Waals surface area contributed by atoms with Crippen molar-refractivity contribution in [2.24, 2.45) is 5.92 Å².